The number of benzene rings is 1. The molecule has 4 aliphatic rings. The molecule has 1 aromatic heterocycles. The van der Waals surface area contributed by atoms with Gasteiger partial charge in [0.25, 0.3) is 5.91 Å². The fourth-order valence-corrected chi connectivity index (χ4v) is 9.52. The Morgan fingerprint density at radius 2 is 1.85 bits per heavy atom. The second kappa shape index (κ2) is 16.3. The number of allylic oxidation sites excluding steroid dienone is 1. The van der Waals surface area contributed by atoms with Crippen molar-refractivity contribution < 1.29 is 41.9 Å². The van der Waals surface area contributed by atoms with Crippen LogP contribution in [0.2, 0.25) is 0 Å². The van der Waals surface area contributed by atoms with E-state index in [9.17, 15) is 27.6 Å². The van der Waals surface area contributed by atoms with Gasteiger partial charge >= 0.3 is 6.09 Å². The van der Waals surface area contributed by atoms with Crippen molar-refractivity contribution in [2.24, 2.45) is 16.5 Å². The van der Waals surface area contributed by atoms with Gasteiger partial charge in [-0.05, 0) is 92.3 Å². The zero-order chi connectivity index (χ0) is 39.5. The third-order valence-corrected chi connectivity index (χ3v) is 13.5. The van der Waals surface area contributed by atoms with Crippen molar-refractivity contribution in [2.75, 3.05) is 13.7 Å². The highest BCUT2D eigenvalue weighted by molar-refractivity contribution is 7.91. The molecule has 5 atom stereocenters. The van der Waals surface area contributed by atoms with Crippen LogP contribution >= 0.6 is 11.3 Å². The summed E-state index contributed by atoms with van der Waals surface area (Å²) in [6.07, 6.45) is 6.41. The summed E-state index contributed by atoms with van der Waals surface area (Å²) in [4.78, 5) is 63.9. The Hall–Kier alpha value is -4.44. The smallest absolute Gasteiger partial charge is 0.408 e. The molecule has 6 rings (SSSR count). The maximum atomic E-state index is 14.5. The molecule has 16 heteroatoms. The van der Waals surface area contributed by atoms with Crippen LogP contribution < -0.4 is 20.1 Å². The number of rotatable bonds is 15. The molecular weight excluding hydrogens is 747 g/mol. The number of nitrogens with zero attached hydrogens (tertiary/aromatic N) is 2. The van der Waals surface area contributed by atoms with Crippen LogP contribution in [-0.2, 0) is 34.0 Å². The largest absolute Gasteiger partial charge is 0.497 e. The average Bonchev–Trinajstić information content (AvgIpc) is 3.86. The first-order valence-electron chi connectivity index (χ1n) is 18.8. The highest BCUT2D eigenvalue weighted by Crippen LogP contribution is 2.47. The predicted molar refractivity (Wildman–Crippen MR) is 208 cm³/mol. The Morgan fingerprint density at radius 3 is 2.49 bits per heavy atom. The molecule has 2 heterocycles. The summed E-state index contributed by atoms with van der Waals surface area (Å²) in [7, 11) is -2.32. The molecule has 298 valence electrons. The van der Waals surface area contributed by atoms with Gasteiger partial charge in [-0.15, -0.1) is 17.9 Å². The highest BCUT2D eigenvalue weighted by Gasteiger charge is 2.62. The summed E-state index contributed by atoms with van der Waals surface area (Å²) in [5.41, 5.74) is -0.650. The van der Waals surface area contributed by atoms with Gasteiger partial charge in [-0.2, -0.15) is 0 Å². The Kier molecular flexibility index (Phi) is 12.0. The number of sulfonamides is 1. The van der Waals surface area contributed by atoms with E-state index in [1.54, 1.807) is 51.5 Å². The van der Waals surface area contributed by atoms with Crippen LogP contribution in [0.3, 0.4) is 0 Å². The van der Waals surface area contributed by atoms with Crippen LogP contribution in [0.25, 0.3) is 10.4 Å². The van der Waals surface area contributed by atoms with Crippen molar-refractivity contribution in [3.63, 3.8) is 0 Å². The van der Waals surface area contributed by atoms with E-state index in [4.69, 9.17) is 14.3 Å². The topological polar surface area (TPSA) is 182 Å². The summed E-state index contributed by atoms with van der Waals surface area (Å²) in [6.45, 7) is 9.12. The standard InChI is InChI=1S/C39H51N5O9S2/c1-6-10-25-21-39(25,36(47)43-55(49,50)29-15-16-29)42-34(45)31-20-28(53-40-22-24-19-27(51-5)14-17-30(24)32-13-9-18-54-32)23-44(31)35(46)33(38(2,3)4)41-37(48)52-26-11-7-8-12-26/h6,9,13-14,17-19,22,25-26,28-29,31,33H,1,7-8,10-12,15-16,20-21,23H2,2-5H3,(H,41,48)(H,42,45)(H,43,47)/b40-22+/t25-,28-,31+,33-,39-/m1/s1. The number of likely N-dealkylation sites (tertiary alicyclic amines) is 1. The molecule has 2 aromatic rings. The van der Waals surface area contributed by atoms with E-state index in [1.165, 1.54) is 4.90 Å². The SMILES string of the molecule is C=CC[C@@H]1C[C@]1(NC(=O)[C@@H]1C[C@@H](O/N=C/c2cc(OC)ccc2-c2cccs2)CN1C(=O)[C@@H](NC(=O)OC1CCCC1)C(C)(C)C)C(=O)NS(=O)(=O)C1CC1. The Morgan fingerprint density at radius 1 is 1.11 bits per heavy atom. The molecule has 3 N–H and O–H groups in total. The van der Waals surface area contributed by atoms with Gasteiger partial charge in [-0.1, -0.05) is 38.1 Å². The predicted octanol–water partition coefficient (Wildman–Crippen LogP) is 4.89. The van der Waals surface area contributed by atoms with Crippen molar-refractivity contribution in [3.8, 4) is 16.2 Å². The minimum atomic E-state index is -3.90. The number of ether oxygens (including phenoxy) is 2. The zero-order valence-corrected chi connectivity index (χ0v) is 33.4. The van der Waals surface area contributed by atoms with Crippen LogP contribution in [0.4, 0.5) is 4.79 Å². The van der Waals surface area contributed by atoms with Crippen molar-refractivity contribution in [1.82, 2.24) is 20.3 Å². The number of hydrogen-bond donors (Lipinski definition) is 3. The van der Waals surface area contributed by atoms with Gasteiger partial charge in [0.15, 0.2) is 0 Å². The van der Waals surface area contributed by atoms with Crippen molar-refractivity contribution >= 4 is 51.4 Å². The highest BCUT2D eigenvalue weighted by atomic mass is 32.2. The lowest BCUT2D eigenvalue weighted by Gasteiger charge is -2.35. The maximum Gasteiger partial charge on any atom is 0.408 e. The zero-order valence-electron chi connectivity index (χ0n) is 31.7. The molecule has 1 aromatic carbocycles. The van der Waals surface area contributed by atoms with Crippen LogP contribution in [0, 0.1) is 11.3 Å². The number of methoxy groups -OCH3 is 1. The monoisotopic (exact) mass is 797 g/mol. The first-order valence-corrected chi connectivity index (χ1v) is 21.3. The summed E-state index contributed by atoms with van der Waals surface area (Å²) in [5.74, 6) is -1.76. The lowest BCUT2D eigenvalue weighted by Crippen LogP contribution is -2.60. The number of carbonyl (C=O) groups excluding carboxylic acids is 4. The minimum absolute atomic E-state index is 0.0123. The van der Waals surface area contributed by atoms with Gasteiger partial charge in [0.2, 0.25) is 21.8 Å². The maximum absolute atomic E-state index is 14.5. The molecule has 1 saturated heterocycles. The second-order valence-electron chi connectivity index (χ2n) is 16.0. The summed E-state index contributed by atoms with van der Waals surface area (Å²) in [5, 5.41) is 11.2. The molecule has 0 unspecified atom stereocenters. The van der Waals surface area contributed by atoms with Gasteiger partial charge < -0.3 is 29.8 Å². The van der Waals surface area contributed by atoms with Gasteiger partial charge in [0.1, 0.15) is 35.6 Å². The molecule has 55 heavy (non-hydrogen) atoms. The number of carbonyl (C=O) groups is 4. The lowest BCUT2D eigenvalue weighted by molar-refractivity contribution is -0.143. The van der Waals surface area contributed by atoms with E-state index in [2.05, 4.69) is 27.1 Å². The van der Waals surface area contributed by atoms with Crippen molar-refractivity contribution in [3.05, 3.63) is 53.9 Å². The van der Waals surface area contributed by atoms with E-state index in [1.807, 2.05) is 35.7 Å². The van der Waals surface area contributed by atoms with Gasteiger partial charge in [-0.3, -0.25) is 19.1 Å². The summed E-state index contributed by atoms with van der Waals surface area (Å²) < 4.78 is 38.8. The molecule has 14 nitrogen and oxygen atoms in total. The molecule has 1 aliphatic heterocycles. The first-order chi connectivity index (χ1) is 26.1. The normalized spacial score (nSPS) is 24.6. The third kappa shape index (κ3) is 9.34. The van der Waals surface area contributed by atoms with E-state index >= 15 is 0 Å². The number of thiophene rings is 1. The minimum Gasteiger partial charge on any atom is -0.497 e. The number of alkyl carbamates (subject to hydrolysis) is 1. The second-order valence-corrected chi connectivity index (χ2v) is 18.9. The fraction of sp³-hybridized carbons (Fsp3) is 0.564. The van der Waals surface area contributed by atoms with Crippen LogP contribution in [0.15, 0.2) is 53.5 Å². The Balaban J connectivity index is 1.25. The molecule has 0 spiro atoms. The fourth-order valence-electron chi connectivity index (χ4n) is 7.38. The molecule has 0 radical (unpaired) electrons. The lowest BCUT2D eigenvalue weighted by atomic mass is 9.85. The molecule has 3 saturated carbocycles. The quantitative estimate of drug-likeness (QED) is 0.129. The molecule has 0 bridgehead atoms. The number of amides is 4. The summed E-state index contributed by atoms with van der Waals surface area (Å²) in [6, 6.07) is 7.33. The van der Waals surface area contributed by atoms with Crippen LogP contribution in [-0.4, -0.2) is 92.1 Å². The third-order valence-electron chi connectivity index (χ3n) is 10.8. The van der Waals surface area contributed by atoms with E-state index in [0.29, 0.717) is 25.0 Å². The first kappa shape index (κ1) is 40.2. The average molecular weight is 798 g/mol. The molecular formula is C39H51N5O9S2. The van der Waals surface area contributed by atoms with E-state index < -0.39 is 68.2 Å². The van der Waals surface area contributed by atoms with Crippen molar-refractivity contribution in [2.45, 2.75) is 114 Å². The molecule has 3 aliphatic carbocycles. The van der Waals surface area contributed by atoms with Gasteiger partial charge in [-0.25, -0.2) is 13.2 Å². The molecule has 4 amide bonds. The van der Waals surface area contributed by atoms with Crippen LogP contribution in [0.1, 0.15) is 84.1 Å². The van der Waals surface area contributed by atoms with Gasteiger partial charge in [0.05, 0.1) is 25.1 Å². The number of oxime groups is 1. The van der Waals surface area contributed by atoms with Crippen molar-refractivity contribution in [1.29, 1.82) is 0 Å². The number of hydrogen-bond acceptors (Lipinski definition) is 11. The summed E-state index contributed by atoms with van der Waals surface area (Å²) >= 11 is 1.57. The van der Waals surface area contributed by atoms with E-state index in [-0.39, 0.29) is 31.4 Å². The Labute approximate surface area is 326 Å². The molecule has 4 fully saturated rings. The Bertz CT molecular complexity index is 1900. The number of nitrogens with one attached hydrogen (secondary N) is 3. The van der Waals surface area contributed by atoms with E-state index in [0.717, 1.165) is 41.7 Å². The van der Waals surface area contributed by atoms with Crippen LogP contribution in [0.5, 0.6) is 5.75 Å². The van der Waals surface area contributed by atoms with Gasteiger partial charge in [0, 0.05) is 22.4 Å².